The van der Waals surface area contributed by atoms with E-state index in [0.717, 1.165) is 30.3 Å². The Labute approximate surface area is 271 Å². The van der Waals surface area contributed by atoms with Crippen molar-refractivity contribution in [3.8, 4) is 23.3 Å². The Kier molecular flexibility index (Phi) is 11.0. The van der Waals surface area contributed by atoms with Gasteiger partial charge in [0.1, 0.15) is 17.2 Å². The maximum atomic E-state index is 12.8. The highest BCUT2D eigenvalue weighted by molar-refractivity contribution is 9.10. The summed E-state index contributed by atoms with van der Waals surface area (Å²) in [6, 6.07) is 9.02. The molecule has 0 fully saturated rings. The molecule has 2 aromatic heterocycles. The Bertz CT molecular complexity index is 1730. The van der Waals surface area contributed by atoms with Crippen LogP contribution < -0.4 is 15.2 Å². The maximum Gasteiger partial charge on any atom is 0.417 e. The van der Waals surface area contributed by atoms with Gasteiger partial charge in [-0.3, -0.25) is 10.1 Å². The molecule has 4 rings (SSSR count). The van der Waals surface area contributed by atoms with E-state index in [4.69, 9.17) is 38.4 Å². The minimum Gasteiger partial charge on any atom is -0.438 e. The topological polar surface area (TPSA) is 113 Å². The summed E-state index contributed by atoms with van der Waals surface area (Å²) in [6.45, 7) is 3.05. The van der Waals surface area contributed by atoms with Crippen LogP contribution in [-0.2, 0) is 12.4 Å². The molecule has 0 atom stereocenters. The first-order chi connectivity index (χ1) is 20.3. The lowest BCUT2D eigenvalue weighted by Crippen LogP contribution is -2.06. The van der Waals surface area contributed by atoms with Crippen molar-refractivity contribution in [3.63, 3.8) is 0 Å². The Morgan fingerprint density at radius 1 is 0.773 bits per heavy atom. The van der Waals surface area contributed by atoms with E-state index in [2.05, 4.69) is 41.8 Å². The standard InChI is InChI=1S/C13H7BrClF3N2O3.C13H9BrClF3N2O/c1-6-11(20(21)22)5-9(14)12(19-6)23-7-2-3-10(15)8(4-7)13(16,17)18;1-6-11(19)5-9(14)12(20-6)21-7-2-3-10(15)8(4-7)13(16,17)18/h2-5H,1H3;2-5H,19H2,1H3. The van der Waals surface area contributed by atoms with Crippen molar-refractivity contribution < 1.29 is 40.7 Å². The van der Waals surface area contributed by atoms with Crippen LogP contribution in [0.4, 0.5) is 37.7 Å². The molecule has 0 amide bonds. The molecule has 2 N–H and O–H groups in total. The van der Waals surface area contributed by atoms with Gasteiger partial charge in [-0.1, -0.05) is 23.2 Å². The number of nitro groups is 1. The number of nitrogen functional groups attached to an aromatic ring is 1. The number of benzene rings is 2. The SMILES string of the molecule is Cc1nc(Oc2ccc(Cl)c(C(F)(F)F)c2)c(Br)cc1N.Cc1nc(Oc2ccc(Cl)c(C(F)(F)F)c2)c(Br)cc1[N+](=O)[O-]. The number of aryl methyl sites for hydroxylation is 2. The molecule has 0 aliphatic heterocycles. The second-order valence-corrected chi connectivity index (χ2v) is 11.1. The molecule has 0 bridgehead atoms. The fourth-order valence-corrected chi connectivity index (χ4v) is 4.50. The third-order valence-electron chi connectivity index (χ3n) is 5.39. The van der Waals surface area contributed by atoms with E-state index < -0.39 is 38.4 Å². The number of nitrogens with two attached hydrogens (primary N) is 1. The summed E-state index contributed by atoms with van der Waals surface area (Å²) < 4.78 is 88.0. The lowest BCUT2D eigenvalue weighted by Gasteiger charge is -2.12. The molecule has 2 aromatic carbocycles. The first-order valence-electron chi connectivity index (χ1n) is 11.6. The van der Waals surface area contributed by atoms with Crippen molar-refractivity contribution in [1.29, 1.82) is 0 Å². The highest BCUT2D eigenvalue weighted by Crippen LogP contribution is 2.40. The summed E-state index contributed by atoms with van der Waals surface area (Å²) in [5.74, 6) is -0.145. The minimum atomic E-state index is -4.63. The van der Waals surface area contributed by atoms with Gasteiger partial charge in [-0.25, -0.2) is 9.97 Å². The molecule has 2 heterocycles. The van der Waals surface area contributed by atoms with Crippen LogP contribution in [0.15, 0.2) is 57.5 Å². The fraction of sp³-hybridized carbons (Fsp3) is 0.154. The molecular formula is C26H16Br2Cl2F6N4O4. The number of pyridine rings is 2. The second kappa shape index (κ2) is 13.7. The third kappa shape index (κ3) is 8.86. The number of alkyl halides is 6. The Balaban J connectivity index is 0.000000241. The largest absolute Gasteiger partial charge is 0.438 e. The van der Waals surface area contributed by atoms with Gasteiger partial charge in [0.2, 0.25) is 11.8 Å². The zero-order valence-electron chi connectivity index (χ0n) is 22.0. The molecule has 18 heteroatoms. The van der Waals surface area contributed by atoms with Crippen molar-refractivity contribution in [2.45, 2.75) is 26.2 Å². The summed E-state index contributed by atoms with van der Waals surface area (Å²) in [5, 5.41) is 9.95. The van der Waals surface area contributed by atoms with Crippen LogP contribution >= 0.6 is 55.1 Å². The van der Waals surface area contributed by atoms with Gasteiger partial charge >= 0.3 is 12.4 Å². The smallest absolute Gasteiger partial charge is 0.417 e. The van der Waals surface area contributed by atoms with Crippen LogP contribution in [0.2, 0.25) is 10.0 Å². The summed E-state index contributed by atoms with van der Waals surface area (Å²) in [4.78, 5) is 18.1. The van der Waals surface area contributed by atoms with E-state index in [9.17, 15) is 36.5 Å². The predicted molar refractivity (Wildman–Crippen MR) is 157 cm³/mol. The summed E-state index contributed by atoms with van der Waals surface area (Å²) >= 11 is 17.3. The number of anilines is 1. The highest BCUT2D eigenvalue weighted by Gasteiger charge is 2.34. The minimum absolute atomic E-state index is 0.0240. The monoisotopic (exact) mass is 790 g/mol. The summed E-state index contributed by atoms with van der Waals surface area (Å²) in [6.07, 6.45) is -9.19. The van der Waals surface area contributed by atoms with E-state index in [1.54, 1.807) is 13.0 Å². The average Bonchev–Trinajstić information content (AvgIpc) is 2.90. The van der Waals surface area contributed by atoms with Crippen LogP contribution in [0.1, 0.15) is 22.5 Å². The van der Waals surface area contributed by atoms with Crippen molar-refractivity contribution in [2.75, 3.05) is 5.73 Å². The molecule has 0 aliphatic rings. The van der Waals surface area contributed by atoms with E-state index in [-0.39, 0.29) is 39.1 Å². The lowest BCUT2D eigenvalue weighted by molar-refractivity contribution is -0.385. The number of rotatable bonds is 5. The number of aromatic nitrogens is 2. The molecular weight excluding hydrogens is 777 g/mol. The van der Waals surface area contributed by atoms with Crippen molar-refractivity contribution >= 4 is 66.4 Å². The van der Waals surface area contributed by atoms with Gasteiger partial charge in [-0.2, -0.15) is 26.3 Å². The fourth-order valence-electron chi connectivity index (χ4n) is 3.24. The first kappa shape index (κ1) is 35.1. The van der Waals surface area contributed by atoms with Crippen molar-refractivity contribution in [2.24, 2.45) is 0 Å². The summed E-state index contributed by atoms with van der Waals surface area (Å²) in [5.41, 5.74) is 4.44. The van der Waals surface area contributed by atoms with E-state index in [1.165, 1.54) is 19.1 Å². The molecule has 0 unspecified atom stereocenters. The van der Waals surface area contributed by atoms with Gasteiger partial charge in [0.25, 0.3) is 5.69 Å². The molecule has 0 saturated carbocycles. The molecule has 0 saturated heterocycles. The van der Waals surface area contributed by atoms with Gasteiger partial charge in [0.15, 0.2) is 0 Å². The number of hydrogen-bond donors (Lipinski definition) is 1. The maximum absolute atomic E-state index is 12.8. The van der Waals surface area contributed by atoms with Gasteiger partial charge in [0.05, 0.1) is 46.4 Å². The van der Waals surface area contributed by atoms with Crippen LogP contribution in [0, 0.1) is 24.0 Å². The number of halogens is 10. The molecule has 234 valence electrons. The van der Waals surface area contributed by atoms with E-state index in [0.29, 0.717) is 15.9 Å². The predicted octanol–water partition coefficient (Wildman–Crippen LogP) is 10.7. The third-order valence-corrected chi connectivity index (χ3v) is 7.19. The average molecular weight is 793 g/mol. The Hall–Kier alpha value is -3.34. The molecule has 0 radical (unpaired) electrons. The zero-order chi connectivity index (χ0) is 33.1. The van der Waals surface area contributed by atoms with Crippen molar-refractivity contribution in [1.82, 2.24) is 9.97 Å². The molecule has 0 aliphatic carbocycles. The molecule has 4 aromatic rings. The van der Waals surface area contributed by atoms with Gasteiger partial charge in [-0.05, 0) is 88.2 Å². The zero-order valence-corrected chi connectivity index (χ0v) is 26.6. The van der Waals surface area contributed by atoms with Gasteiger partial charge < -0.3 is 15.2 Å². The molecule has 0 spiro atoms. The van der Waals surface area contributed by atoms with Crippen LogP contribution in [0.5, 0.6) is 23.3 Å². The number of ether oxygens (including phenoxy) is 2. The summed E-state index contributed by atoms with van der Waals surface area (Å²) in [7, 11) is 0. The van der Waals surface area contributed by atoms with E-state index in [1.807, 2.05) is 0 Å². The molecule has 8 nitrogen and oxygen atoms in total. The number of hydrogen-bond acceptors (Lipinski definition) is 7. The normalized spacial score (nSPS) is 11.5. The quantitative estimate of drug-likeness (QED) is 0.122. The lowest BCUT2D eigenvalue weighted by atomic mass is 10.2. The van der Waals surface area contributed by atoms with Gasteiger partial charge in [-0.15, -0.1) is 0 Å². The van der Waals surface area contributed by atoms with Crippen molar-refractivity contribution in [3.05, 3.63) is 100 Å². The van der Waals surface area contributed by atoms with Gasteiger partial charge in [0, 0.05) is 6.07 Å². The van der Waals surface area contributed by atoms with Crippen LogP contribution in [0.25, 0.3) is 0 Å². The molecule has 44 heavy (non-hydrogen) atoms. The second-order valence-electron chi connectivity index (χ2n) is 8.57. The highest BCUT2D eigenvalue weighted by atomic mass is 79.9. The van der Waals surface area contributed by atoms with E-state index >= 15 is 0 Å². The van der Waals surface area contributed by atoms with Crippen LogP contribution in [-0.4, -0.2) is 14.9 Å². The Morgan fingerprint density at radius 2 is 1.18 bits per heavy atom. The Morgan fingerprint density at radius 3 is 1.59 bits per heavy atom. The van der Waals surface area contributed by atoms with Crippen LogP contribution in [0.3, 0.4) is 0 Å². The first-order valence-corrected chi connectivity index (χ1v) is 14.0. The number of nitrogens with zero attached hydrogens (tertiary/aromatic N) is 3.